The van der Waals surface area contributed by atoms with Crippen LogP contribution in [0.5, 0.6) is 0 Å². The number of benzene rings is 2. The van der Waals surface area contributed by atoms with Gasteiger partial charge in [0, 0.05) is 24.1 Å². The van der Waals surface area contributed by atoms with E-state index in [4.69, 9.17) is 0 Å². The van der Waals surface area contributed by atoms with Gasteiger partial charge in [-0.3, -0.25) is 9.59 Å². The van der Waals surface area contributed by atoms with Crippen LogP contribution < -0.4 is 4.90 Å². The molecule has 0 spiro atoms. The van der Waals surface area contributed by atoms with Gasteiger partial charge in [-0.25, -0.2) is 4.39 Å². The number of amides is 2. The Balaban J connectivity index is 1.51. The Morgan fingerprint density at radius 1 is 1.03 bits per heavy atom. The number of aliphatic hydroxyl groups is 1. The molecule has 3 atom stereocenters. The van der Waals surface area contributed by atoms with Gasteiger partial charge in [-0.05, 0) is 36.6 Å². The molecule has 5 rings (SSSR count). The van der Waals surface area contributed by atoms with Gasteiger partial charge >= 0.3 is 0 Å². The molecule has 2 amide bonds. The van der Waals surface area contributed by atoms with Gasteiger partial charge in [0.25, 0.3) is 5.91 Å². The molecular formula is C24H25FN2O3. The number of carbonyl (C=O) groups excluding carboxylic acids is 2. The van der Waals surface area contributed by atoms with Gasteiger partial charge in [0.05, 0.1) is 24.3 Å². The molecule has 30 heavy (non-hydrogen) atoms. The van der Waals surface area contributed by atoms with Crippen LogP contribution in [0.15, 0.2) is 48.5 Å². The first-order valence-corrected chi connectivity index (χ1v) is 10.7. The van der Waals surface area contributed by atoms with Crippen molar-refractivity contribution in [3.63, 3.8) is 0 Å². The lowest BCUT2D eigenvalue weighted by atomic mass is 9.71. The van der Waals surface area contributed by atoms with Crippen LogP contribution in [0.2, 0.25) is 0 Å². The highest BCUT2D eigenvalue weighted by molar-refractivity contribution is 5.99. The molecule has 5 nitrogen and oxygen atoms in total. The smallest absolute Gasteiger partial charge is 0.257 e. The fourth-order valence-corrected chi connectivity index (χ4v) is 5.54. The van der Waals surface area contributed by atoms with Crippen LogP contribution in [0.1, 0.15) is 47.5 Å². The number of halogens is 1. The summed E-state index contributed by atoms with van der Waals surface area (Å²) in [6.07, 6.45) is 3.95. The van der Waals surface area contributed by atoms with Crippen LogP contribution in [0.3, 0.4) is 0 Å². The lowest BCUT2D eigenvalue weighted by Crippen LogP contribution is -2.71. The van der Waals surface area contributed by atoms with Crippen molar-refractivity contribution in [2.45, 2.75) is 43.7 Å². The van der Waals surface area contributed by atoms with Gasteiger partial charge in [0.2, 0.25) is 5.91 Å². The van der Waals surface area contributed by atoms with E-state index in [9.17, 15) is 19.1 Å². The largest absolute Gasteiger partial charge is 0.394 e. The highest BCUT2D eigenvalue weighted by Crippen LogP contribution is 2.49. The average molecular weight is 408 g/mol. The fourth-order valence-electron chi connectivity index (χ4n) is 5.54. The predicted octanol–water partition coefficient (Wildman–Crippen LogP) is 3.33. The van der Waals surface area contributed by atoms with Crippen molar-refractivity contribution in [2.75, 3.05) is 18.1 Å². The summed E-state index contributed by atoms with van der Waals surface area (Å²) in [5.41, 5.74) is 1.87. The van der Waals surface area contributed by atoms with Crippen LogP contribution in [-0.4, -0.2) is 47.1 Å². The van der Waals surface area contributed by atoms with Gasteiger partial charge < -0.3 is 14.9 Å². The van der Waals surface area contributed by atoms with Crippen molar-refractivity contribution in [2.24, 2.45) is 5.92 Å². The summed E-state index contributed by atoms with van der Waals surface area (Å²) in [6.45, 7) is 0.181. The Bertz CT molecular complexity index is 988. The van der Waals surface area contributed by atoms with Crippen molar-refractivity contribution >= 4 is 17.5 Å². The minimum absolute atomic E-state index is 0.00179. The molecule has 2 fully saturated rings. The number of rotatable bonds is 3. The Morgan fingerprint density at radius 2 is 1.73 bits per heavy atom. The second-order valence-corrected chi connectivity index (χ2v) is 8.52. The van der Waals surface area contributed by atoms with Crippen molar-refractivity contribution in [1.29, 1.82) is 0 Å². The van der Waals surface area contributed by atoms with Crippen molar-refractivity contribution in [3.05, 3.63) is 65.5 Å². The molecule has 0 radical (unpaired) electrons. The summed E-state index contributed by atoms with van der Waals surface area (Å²) in [7, 11) is 0. The molecule has 2 aromatic carbocycles. The number of likely N-dealkylation sites (tertiary alicyclic amines) is 1. The molecule has 1 saturated heterocycles. The summed E-state index contributed by atoms with van der Waals surface area (Å²) in [5.74, 6) is -0.920. The number of anilines is 1. The Kier molecular flexibility index (Phi) is 4.82. The van der Waals surface area contributed by atoms with Crippen molar-refractivity contribution in [3.8, 4) is 0 Å². The Hall–Kier alpha value is -2.73. The van der Waals surface area contributed by atoms with Crippen LogP contribution in [0, 0.1) is 11.7 Å². The fraction of sp³-hybridized carbons (Fsp3) is 0.417. The number of hydrogen-bond donors (Lipinski definition) is 1. The maximum Gasteiger partial charge on any atom is 0.257 e. The van der Waals surface area contributed by atoms with Gasteiger partial charge in [0.1, 0.15) is 5.82 Å². The second kappa shape index (κ2) is 7.51. The van der Waals surface area contributed by atoms with E-state index in [-0.39, 0.29) is 36.0 Å². The molecule has 2 aliphatic heterocycles. The first kappa shape index (κ1) is 19.2. The predicted molar refractivity (Wildman–Crippen MR) is 111 cm³/mol. The molecule has 6 heteroatoms. The van der Waals surface area contributed by atoms with E-state index in [1.807, 2.05) is 29.2 Å². The highest BCUT2D eigenvalue weighted by atomic mass is 19.1. The minimum Gasteiger partial charge on any atom is -0.394 e. The average Bonchev–Trinajstić information content (AvgIpc) is 3.29. The van der Waals surface area contributed by atoms with Crippen LogP contribution in [0.25, 0.3) is 0 Å². The molecule has 2 aromatic rings. The van der Waals surface area contributed by atoms with Gasteiger partial charge in [0.15, 0.2) is 0 Å². The molecule has 3 aliphatic rings. The van der Waals surface area contributed by atoms with Crippen LogP contribution >= 0.6 is 0 Å². The first-order chi connectivity index (χ1) is 14.6. The lowest BCUT2D eigenvalue weighted by molar-refractivity contribution is -0.123. The van der Waals surface area contributed by atoms with Crippen LogP contribution in [0.4, 0.5) is 10.1 Å². The molecule has 1 saturated carbocycles. The highest BCUT2D eigenvalue weighted by Gasteiger charge is 2.55. The number of para-hydroxylation sites is 1. The zero-order chi connectivity index (χ0) is 20.8. The molecule has 156 valence electrons. The quantitative estimate of drug-likeness (QED) is 0.848. The van der Waals surface area contributed by atoms with Gasteiger partial charge in [-0.2, -0.15) is 0 Å². The molecule has 0 unspecified atom stereocenters. The number of hydrogen-bond acceptors (Lipinski definition) is 3. The lowest BCUT2D eigenvalue weighted by Gasteiger charge is -2.59. The number of carbonyl (C=O) groups is 2. The zero-order valence-corrected chi connectivity index (χ0v) is 16.7. The molecule has 1 aliphatic carbocycles. The molecule has 1 N–H and O–H groups in total. The zero-order valence-electron chi connectivity index (χ0n) is 16.7. The monoisotopic (exact) mass is 408 g/mol. The van der Waals surface area contributed by atoms with Gasteiger partial charge in [-0.1, -0.05) is 43.2 Å². The molecule has 0 bridgehead atoms. The summed E-state index contributed by atoms with van der Waals surface area (Å²) in [5, 5.41) is 10.1. The van der Waals surface area contributed by atoms with Crippen molar-refractivity contribution < 1.29 is 19.1 Å². The summed E-state index contributed by atoms with van der Waals surface area (Å²) < 4.78 is 14.3. The molecule has 2 heterocycles. The van der Waals surface area contributed by atoms with E-state index in [1.165, 1.54) is 12.1 Å². The van der Waals surface area contributed by atoms with E-state index >= 15 is 0 Å². The summed E-state index contributed by atoms with van der Waals surface area (Å²) in [6, 6.07) is 13.0. The third-order valence-corrected chi connectivity index (χ3v) is 7.00. The van der Waals surface area contributed by atoms with E-state index in [0.29, 0.717) is 6.54 Å². The minimum atomic E-state index is -0.572. The van der Waals surface area contributed by atoms with E-state index in [2.05, 4.69) is 0 Å². The number of aliphatic hydroxyl groups excluding tert-OH is 1. The Morgan fingerprint density at radius 3 is 2.47 bits per heavy atom. The van der Waals surface area contributed by atoms with E-state index < -0.39 is 17.8 Å². The maximum absolute atomic E-state index is 14.3. The second-order valence-electron chi connectivity index (χ2n) is 8.52. The third-order valence-electron chi connectivity index (χ3n) is 7.00. The van der Waals surface area contributed by atoms with E-state index in [1.54, 1.807) is 17.0 Å². The van der Waals surface area contributed by atoms with Crippen molar-refractivity contribution in [1.82, 2.24) is 4.90 Å². The maximum atomic E-state index is 14.3. The topological polar surface area (TPSA) is 60.9 Å². The Labute approximate surface area is 175 Å². The first-order valence-electron chi connectivity index (χ1n) is 10.7. The third kappa shape index (κ3) is 2.85. The van der Waals surface area contributed by atoms with E-state index in [0.717, 1.165) is 36.9 Å². The molecule has 0 aromatic heterocycles. The van der Waals surface area contributed by atoms with Crippen LogP contribution in [-0.2, 0) is 4.79 Å². The molecular weight excluding hydrogens is 383 g/mol. The normalized spacial score (nSPS) is 25.5. The number of nitrogens with zero attached hydrogens (tertiary/aromatic N) is 2. The number of fused-ring (bicyclic) bond motifs is 3. The SMILES string of the molecule is O=C(C1CCCC1)N1C[C@@H]2[C@H](c3ccccc31)[C@H](CO)N2C(=O)c1ccccc1F. The summed E-state index contributed by atoms with van der Waals surface area (Å²) in [4.78, 5) is 29.9. The van der Waals surface area contributed by atoms with Gasteiger partial charge in [-0.15, -0.1) is 0 Å². The standard InChI is InChI=1S/C24H25FN2O3/c25-18-11-5-3-9-16(18)24(30)27-20-13-26(23(29)15-7-1-2-8-15)19-12-6-4-10-17(19)22(20)21(27)14-28/h3-6,9-12,15,20-22,28H,1-2,7-8,13-14H2/t20-,21+,22+/m1/s1. The summed E-state index contributed by atoms with van der Waals surface area (Å²) >= 11 is 0.